The minimum absolute atomic E-state index is 0.0921. The fourth-order valence-corrected chi connectivity index (χ4v) is 3.71. The van der Waals surface area contributed by atoms with Crippen molar-refractivity contribution in [2.75, 3.05) is 14.2 Å². The van der Waals surface area contributed by atoms with Gasteiger partial charge >= 0.3 is 0 Å². The van der Waals surface area contributed by atoms with Crippen LogP contribution in [0.2, 0.25) is 0 Å². The van der Waals surface area contributed by atoms with Crippen LogP contribution in [0.3, 0.4) is 0 Å². The fourth-order valence-electron chi connectivity index (χ4n) is 3.71. The van der Waals surface area contributed by atoms with Gasteiger partial charge in [-0.15, -0.1) is 0 Å². The molecule has 1 saturated heterocycles. The molecule has 1 unspecified atom stereocenters. The lowest BCUT2D eigenvalue weighted by Gasteiger charge is -2.32. The second-order valence-electron chi connectivity index (χ2n) is 7.18. The van der Waals surface area contributed by atoms with E-state index in [1.54, 1.807) is 31.5 Å². The van der Waals surface area contributed by atoms with Crippen molar-refractivity contribution in [2.24, 2.45) is 5.73 Å². The van der Waals surface area contributed by atoms with Crippen molar-refractivity contribution in [2.45, 2.75) is 18.8 Å². The predicted molar refractivity (Wildman–Crippen MR) is 110 cm³/mol. The molecule has 0 saturated carbocycles. The summed E-state index contributed by atoms with van der Waals surface area (Å²) in [5, 5.41) is 3.32. The monoisotopic (exact) mass is 389 g/mol. The molecule has 7 nitrogen and oxygen atoms in total. The van der Waals surface area contributed by atoms with Crippen molar-refractivity contribution in [3.05, 3.63) is 77.9 Å². The van der Waals surface area contributed by atoms with Gasteiger partial charge in [0.2, 0.25) is 5.91 Å². The number of nitrogens with zero attached hydrogens (tertiary/aromatic N) is 3. The van der Waals surface area contributed by atoms with E-state index in [1.165, 1.54) is 6.33 Å². The first kappa shape index (κ1) is 19.0. The van der Waals surface area contributed by atoms with Crippen LogP contribution in [0.5, 0.6) is 5.75 Å². The van der Waals surface area contributed by atoms with Crippen LogP contribution in [-0.4, -0.2) is 34.9 Å². The lowest BCUT2D eigenvalue weighted by atomic mass is 10.0. The predicted octanol–water partition coefficient (Wildman–Crippen LogP) is 2.33. The second-order valence-corrected chi connectivity index (χ2v) is 7.18. The minimum Gasteiger partial charge on any atom is -0.496 e. The maximum Gasteiger partial charge on any atom is 0.246 e. The SMILES string of the molecule is COc1ccc([C@@H]2NC(N)(c3cccc(-c4cncnc4)c3)N(C)C2=O)cc1C. The highest BCUT2D eigenvalue weighted by atomic mass is 16.5. The number of ether oxygens (including phenoxy) is 1. The average molecular weight is 389 g/mol. The van der Waals surface area contributed by atoms with Gasteiger partial charge in [-0.2, -0.15) is 0 Å². The van der Waals surface area contributed by atoms with Gasteiger partial charge in [-0.1, -0.05) is 30.3 Å². The summed E-state index contributed by atoms with van der Waals surface area (Å²) >= 11 is 0. The molecular formula is C22H23N5O2. The van der Waals surface area contributed by atoms with Crippen LogP contribution in [0.25, 0.3) is 11.1 Å². The number of amides is 1. The van der Waals surface area contributed by atoms with Gasteiger partial charge in [0.15, 0.2) is 5.79 Å². The molecule has 7 heteroatoms. The Bertz CT molecular complexity index is 1060. The van der Waals surface area contributed by atoms with Gasteiger partial charge in [0.25, 0.3) is 0 Å². The molecule has 2 heterocycles. The lowest BCUT2D eigenvalue weighted by molar-refractivity contribution is -0.130. The van der Waals surface area contributed by atoms with Gasteiger partial charge < -0.3 is 9.64 Å². The largest absolute Gasteiger partial charge is 0.496 e. The van der Waals surface area contributed by atoms with E-state index in [2.05, 4.69) is 15.3 Å². The zero-order valence-corrected chi connectivity index (χ0v) is 16.6. The maximum atomic E-state index is 13.0. The number of likely N-dealkylation sites (N-methyl/N-ethyl adjacent to an activating group) is 1. The molecule has 2 atom stereocenters. The standard InChI is InChI=1S/C22H23N5O2/c1-14-9-16(7-8-19(14)29-3)20-21(28)27(2)22(23,26-20)18-6-4-5-15(10-18)17-11-24-13-25-12-17/h4-13,20,26H,23H2,1-3H3/t20-,22?/m0/s1. The average Bonchev–Trinajstić information content (AvgIpc) is 2.99. The quantitative estimate of drug-likeness (QED) is 0.711. The zero-order valence-electron chi connectivity index (χ0n) is 16.6. The molecule has 1 aromatic heterocycles. The van der Waals surface area contributed by atoms with E-state index in [0.29, 0.717) is 0 Å². The number of hydrogen-bond acceptors (Lipinski definition) is 6. The number of nitrogens with two attached hydrogens (primary N) is 1. The number of methoxy groups -OCH3 is 1. The third-order valence-corrected chi connectivity index (χ3v) is 5.42. The molecule has 1 amide bonds. The first-order valence-corrected chi connectivity index (χ1v) is 9.29. The van der Waals surface area contributed by atoms with Crippen LogP contribution in [0.1, 0.15) is 22.7 Å². The second kappa shape index (κ2) is 7.27. The molecule has 3 aromatic rings. The van der Waals surface area contributed by atoms with Crippen molar-refractivity contribution >= 4 is 5.91 Å². The molecule has 4 rings (SSSR count). The summed E-state index contributed by atoms with van der Waals surface area (Å²) in [5.74, 6) is -0.448. The van der Waals surface area contributed by atoms with Crippen molar-refractivity contribution in [3.63, 3.8) is 0 Å². The molecule has 29 heavy (non-hydrogen) atoms. The molecule has 1 aliphatic heterocycles. The van der Waals surface area contributed by atoms with E-state index in [-0.39, 0.29) is 5.91 Å². The Labute approximate surface area is 169 Å². The van der Waals surface area contributed by atoms with E-state index in [9.17, 15) is 4.79 Å². The van der Waals surface area contributed by atoms with Gasteiger partial charge in [0, 0.05) is 30.6 Å². The first-order chi connectivity index (χ1) is 13.9. The van der Waals surface area contributed by atoms with E-state index in [4.69, 9.17) is 10.5 Å². The molecule has 1 aliphatic rings. The molecule has 1 fully saturated rings. The summed E-state index contributed by atoms with van der Waals surface area (Å²) < 4.78 is 5.33. The van der Waals surface area contributed by atoms with Crippen LogP contribution in [-0.2, 0) is 10.6 Å². The summed E-state index contributed by atoms with van der Waals surface area (Å²) in [6.45, 7) is 1.95. The molecule has 0 spiro atoms. The van der Waals surface area contributed by atoms with Gasteiger partial charge in [0.05, 0.1) is 7.11 Å². The summed E-state index contributed by atoms with van der Waals surface area (Å²) in [6.07, 6.45) is 4.98. The Morgan fingerprint density at radius 1 is 1.14 bits per heavy atom. The smallest absolute Gasteiger partial charge is 0.246 e. The highest BCUT2D eigenvalue weighted by Crippen LogP contribution is 2.35. The summed E-state index contributed by atoms with van der Waals surface area (Å²) in [5.41, 5.74) is 11.1. The van der Waals surface area contributed by atoms with Crippen LogP contribution in [0, 0.1) is 6.92 Å². The molecule has 0 radical (unpaired) electrons. The van der Waals surface area contributed by atoms with Gasteiger partial charge in [0.1, 0.15) is 18.1 Å². The minimum atomic E-state index is -1.14. The van der Waals surface area contributed by atoms with Gasteiger partial charge in [-0.25, -0.2) is 9.97 Å². The lowest BCUT2D eigenvalue weighted by Crippen LogP contribution is -2.55. The Kier molecular flexibility index (Phi) is 4.77. The number of carbonyl (C=O) groups is 1. The van der Waals surface area contributed by atoms with E-state index < -0.39 is 11.8 Å². The highest BCUT2D eigenvalue weighted by Gasteiger charge is 2.47. The van der Waals surface area contributed by atoms with E-state index >= 15 is 0 Å². The molecular weight excluding hydrogens is 366 g/mol. The van der Waals surface area contributed by atoms with Crippen LogP contribution in [0.15, 0.2) is 61.2 Å². The van der Waals surface area contributed by atoms with Gasteiger partial charge in [-0.05, 0) is 35.7 Å². The summed E-state index contributed by atoms with van der Waals surface area (Å²) in [6, 6.07) is 12.9. The molecule has 148 valence electrons. The number of nitrogens with one attached hydrogen (secondary N) is 1. The van der Waals surface area contributed by atoms with Crippen LogP contribution < -0.4 is 15.8 Å². The normalized spacial score (nSPS) is 21.4. The summed E-state index contributed by atoms with van der Waals surface area (Å²) in [4.78, 5) is 22.7. The maximum absolute atomic E-state index is 13.0. The topological polar surface area (TPSA) is 93.4 Å². The Morgan fingerprint density at radius 2 is 1.90 bits per heavy atom. The molecule has 3 N–H and O–H groups in total. The molecule has 0 bridgehead atoms. The number of benzene rings is 2. The molecule has 0 aliphatic carbocycles. The van der Waals surface area contributed by atoms with E-state index in [0.717, 1.165) is 33.6 Å². The molecule has 2 aromatic carbocycles. The first-order valence-electron chi connectivity index (χ1n) is 9.29. The fraction of sp³-hybridized carbons (Fsp3) is 0.227. The number of rotatable bonds is 4. The Morgan fingerprint density at radius 3 is 2.59 bits per heavy atom. The third kappa shape index (κ3) is 3.24. The Hall–Kier alpha value is -3.29. The highest BCUT2D eigenvalue weighted by molar-refractivity contribution is 5.86. The van der Waals surface area contributed by atoms with Crippen LogP contribution >= 0.6 is 0 Å². The van der Waals surface area contributed by atoms with E-state index in [1.807, 2.05) is 49.4 Å². The third-order valence-electron chi connectivity index (χ3n) is 5.42. The number of aromatic nitrogens is 2. The number of aryl methyl sites for hydroxylation is 1. The van der Waals surface area contributed by atoms with Gasteiger partial charge in [-0.3, -0.25) is 15.8 Å². The van der Waals surface area contributed by atoms with Crippen molar-refractivity contribution in [1.29, 1.82) is 0 Å². The van der Waals surface area contributed by atoms with Crippen molar-refractivity contribution in [3.8, 4) is 16.9 Å². The van der Waals surface area contributed by atoms with Crippen molar-refractivity contribution in [1.82, 2.24) is 20.2 Å². The van der Waals surface area contributed by atoms with Crippen molar-refractivity contribution < 1.29 is 9.53 Å². The number of hydrogen-bond donors (Lipinski definition) is 2. The zero-order chi connectivity index (χ0) is 20.6. The number of carbonyl (C=O) groups excluding carboxylic acids is 1. The Balaban J connectivity index is 1.70. The van der Waals surface area contributed by atoms with Crippen LogP contribution in [0.4, 0.5) is 0 Å². The summed E-state index contributed by atoms with van der Waals surface area (Å²) in [7, 11) is 3.34.